The number of amides is 1. The van der Waals surface area contributed by atoms with E-state index in [2.05, 4.69) is 34.3 Å². The first kappa shape index (κ1) is 28.7. The number of hydrogen-bond donors (Lipinski definition) is 2. The van der Waals surface area contributed by atoms with Crippen LogP contribution in [0.15, 0.2) is 88.3 Å². The molecule has 1 aromatic heterocycles. The Kier molecular flexibility index (Phi) is 8.33. The van der Waals surface area contributed by atoms with Crippen molar-refractivity contribution >= 4 is 35.5 Å². The van der Waals surface area contributed by atoms with Crippen molar-refractivity contribution in [2.45, 2.75) is 38.5 Å². The van der Waals surface area contributed by atoms with E-state index in [1.807, 2.05) is 18.2 Å². The van der Waals surface area contributed by atoms with Crippen LogP contribution in [0.25, 0.3) is 11.3 Å². The molecule has 3 N–H and O–H groups in total. The van der Waals surface area contributed by atoms with Gasteiger partial charge in [0.05, 0.1) is 16.3 Å². The molecule has 10 heteroatoms. The van der Waals surface area contributed by atoms with Gasteiger partial charge in [-0.1, -0.05) is 48.0 Å². The number of hydrazone groups is 1. The molecular weight excluding hydrogens is 566 g/mol. The van der Waals surface area contributed by atoms with Crippen LogP contribution in [-0.2, 0) is 9.59 Å². The highest BCUT2D eigenvalue weighted by atomic mass is 35.5. The van der Waals surface area contributed by atoms with Crippen LogP contribution >= 0.6 is 11.6 Å². The number of nitrogens with two attached hydrogens (primary N) is 1. The van der Waals surface area contributed by atoms with Gasteiger partial charge in [0.15, 0.2) is 5.82 Å². The number of aliphatic carboxylic acids is 1. The smallest absolute Gasteiger partial charge is 0.335 e. The van der Waals surface area contributed by atoms with Crippen LogP contribution in [0.4, 0.5) is 5.82 Å². The average molecular weight is 600 g/mol. The molecule has 2 aromatic rings. The van der Waals surface area contributed by atoms with Crippen molar-refractivity contribution in [3.05, 3.63) is 88.3 Å². The summed E-state index contributed by atoms with van der Waals surface area (Å²) in [6, 6.07) is 10.8. The number of carboxylic acids is 1. The predicted octanol–water partition coefficient (Wildman–Crippen LogP) is 5.69. The number of rotatable bonds is 8. The first-order valence-corrected chi connectivity index (χ1v) is 15.1. The molecular formula is C33H34ClN5O4. The van der Waals surface area contributed by atoms with E-state index in [-0.39, 0.29) is 23.7 Å². The second-order valence-corrected chi connectivity index (χ2v) is 11.6. The highest BCUT2D eigenvalue weighted by molar-refractivity contribution is 6.32. The molecule has 0 radical (unpaired) electrons. The average Bonchev–Trinajstić information content (AvgIpc) is 3.88. The molecule has 0 atom stereocenters. The molecule has 2 aliphatic carbocycles. The van der Waals surface area contributed by atoms with Crippen molar-refractivity contribution in [1.82, 2.24) is 9.88 Å². The largest absolute Gasteiger partial charge is 0.487 e. The number of halogens is 1. The SMILES string of the molecule is NC1=C(C(=O)O)CC=NN1c1cccc(-c2cccc(Cl)c2OCC2=CCC=C(C3CCN(C(=O)C4CC4)CC3)C=C2)n1. The van der Waals surface area contributed by atoms with E-state index in [0.717, 1.165) is 50.8 Å². The number of benzene rings is 1. The fraction of sp³-hybridized carbons (Fsp3) is 0.333. The molecule has 1 saturated carbocycles. The van der Waals surface area contributed by atoms with Crippen molar-refractivity contribution in [3.63, 3.8) is 0 Å². The number of hydrogen-bond acceptors (Lipinski definition) is 7. The molecule has 3 heterocycles. The molecule has 0 spiro atoms. The molecule has 4 aliphatic rings. The maximum atomic E-state index is 12.4. The lowest BCUT2D eigenvalue weighted by molar-refractivity contribution is -0.134. The number of pyridine rings is 1. The van der Waals surface area contributed by atoms with E-state index in [1.165, 1.54) is 16.8 Å². The lowest BCUT2D eigenvalue weighted by Gasteiger charge is -2.32. The Hall–Kier alpha value is -4.37. The van der Waals surface area contributed by atoms with Gasteiger partial charge < -0.3 is 20.5 Å². The van der Waals surface area contributed by atoms with E-state index in [1.54, 1.807) is 18.2 Å². The summed E-state index contributed by atoms with van der Waals surface area (Å²) in [7, 11) is 0. The Morgan fingerprint density at radius 1 is 1.05 bits per heavy atom. The fourth-order valence-electron chi connectivity index (χ4n) is 5.71. The molecule has 43 heavy (non-hydrogen) atoms. The third-order valence-electron chi connectivity index (χ3n) is 8.29. The second-order valence-electron chi connectivity index (χ2n) is 11.2. The third-order valence-corrected chi connectivity index (χ3v) is 8.59. The van der Waals surface area contributed by atoms with Crippen LogP contribution in [-0.4, -0.2) is 52.8 Å². The van der Waals surface area contributed by atoms with Gasteiger partial charge in [0.1, 0.15) is 18.2 Å². The molecule has 1 aromatic carbocycles. The number of nitrogens with zero attached hydrogens (tertiary/aromatic N) is 4. The molecule has 6 rings (SSSR count). The summed E-state index contributed by atoms with van der Waals surface area (Å²) in [6.45, 7) is 2.01. The number of aromatic nitrogens is 1. The molecule has 0 bridgehead atoms. The van der Waals surface area contributed by atoms with Crippen molar-refractivity contribution in [1.29, 1.82) is 0 Å². The topological polar surface area (TPSA) is 121 Å². The van der Waals surface area contributed by atoms with Crippen LogP contribution in [0.2, 0.25) is 5.02 Å². The van der Waals surface area contributed by atoms with Gasteiger partial charge in [-0.15, -0.1) is 0 Å². The highest BCUT2D eigenvalue weighted by Crippen LogP contribution is 2.37. The summed E-state index contributed by atoms with van der Waals surface area (Å²) >= 11 is 6.62. The standard InChI is InChI=1S/C33H34ClN5O4/c34-27-7-2-6-25(28-8-3-9-29(37-28)39-31(35)26(33(41)42)14-17-36-39)30(27)43-20-21-4-1-5-22(11-10-21)23-15-18-38(19-16-23)32(40)24-12-13-24/h2-11,17,23-24H,1,12-16,18-20,35H2,(H,41,42). The minimum absolute atomic E-state index is 0.0274. The first-order valence-electron chi connectivity index (χ1n) is 14.7. The monoisotopic (exact) mass is 599 g/mol. The molecule has 0 unspecified atom stereocenters. The zero-order chi connectivity index (χ0) is 29.9. The zero-order valence-electron chi connectivity index (χ0n) is 23.8. The van der Waals surface area contributed by atoms with Crippen LogP contribution in [0.5, 0.6) is 5.75 Å². The summed E-state index contributed by atoms with van der Waals surface area (Å²) in [6.07, 6.45) is 15.3. The van der Waals surface area contributed by atoms with Crippen molar-refractivity contribution < 1.29 is 19.4 Å². The number of carbonyl (C=O) groups excluding carboxylic acids is 1. The van der Waals surface area contributed by atoms with E-state index in [0.29, 0.717) is 46.3 Å². The van der Waals surface area contributed by atoms with Crippen molar-refractivity contribution in [2.75, 3.05) is 24.7 Å². The summed E-state index contributed by atoms with van der Waals surface area (Å²) < 4.78 is 6.31. The number of piperidine rings is 1. The summed E-state index contributed by atoms with van der Waals surface area (Å²) in [4.78, 5) is 30.8. The maximum Gasteiger partial charge on any atom is 0.335 e. The molecule has 222 valence electrons. The second kappa shape index (κ2) is 12.5. The Bertz CT molecular complexity index is 1580. The van der Waals surface area contributed by atoms with E-state index >= 15 is 0 Å². The highest BCUT2D eigenvalue weighted by Gasteiger charge is 2.35. The van der Waals surface area contributed by atoms with Gasteiger partial charge in [0.25, 0.3) is 0 Å². The quantitative estimate of drug-likeness (QED) is 0.399. The molecule has 1 amide bonds. The number of carboxylic acid groups (broad SMARTS) is 1. The Labute approximate surface area is 255 Å². The van der Waals surface area contributed by atoms with Crippen LogP contribution in [0.3, 0.4) is 0 Å². The van der Waals surface area contributed by atoms with Crippen LogP contribution in [0.1, 0.15) is 38.5 Å². The van der Waals surface area contributed by atoms with Crippen molar-refractivity contribution in [2.24, 2.45) is 22.7 Å². The fourth-order valence-corrected chi connectivity index (χ4v) is 5.94. The summed E-state index contributed by atoms with van der Waals surface area (Å²) in [5.74, 6) is 0.910. The minimum atomic E-state index is -1.09. The number of ether oxygens (including phenoxy) is 1. The summed E-state index contributed by atoms with van der Waals surface area (Å²) in [5.41, 5.74) is 9.83. The number of anilines is 1. The van der Waals surface area contributed by atoms with Gasteiger partial charge >= 0.3 is 5.97 Å². The molecule has 9 nitrogen and oxygen atoms in total. The lowest BCUT2D eigenvalue weighted by atomic mass is 9.88. The van der Waals surface area contributed by atoms with E-state index in [4.69, 9.17) is 27.1 Å². The Morgan fingerprint density at radius 2 is 1.84 bits per heavy atom. The van der Waals surface area contributed by atoms with E-state index < -0.39 is 5.97 Å². The third kappa shape index (κ3) is 6.37. The number of likely N-dealkylation sites (tertiary alicyclic amines) is 1. The van der Waals surface area contributed by atoms with E-state index in [9.17, 15) is 14.7 Å². The van der Waals surface area contributed by atoms with Gasteiger partial charge in [-0.3, -0.25) is 4.79 Å². The van der Waals surface area contributed by atoms with Gasteiger partial charge in [-0.25, -0.2) is 9.78 Å². The molecule has 2 fully saturated rings. The van der Waals surface area contributed by atoms with Gasteiger partial charge in [0, 0.05) is 37.2 Å². The number of carbonyl (C=O) groups is 2. The normalized spacial score (nSPS) is 19.2. The van der Waals surface area contributed by atoms with Crippen LogP contribution < -0.4 is 15.5 Å². The lowest BCUT2D eigenvalue weighted by Crippen LogP contribution is -2.39. The number of allylic oxidation sites excluding steroid dienone is 4. The predicted molar refractivity (Wildman–Crippen MR) is 167 cm³/mol. The molecule has 1 saturated heterocycles. The van der Waals surface area contributed by atoms with Crippen LogP contribution in [0, 0.1) is 11.8 Å². The Morgan fingerprint density at radius 3 is 2.60 bits per heavy atom. The first-order chi connectivity index (χ1) is 20.9. The van der Waals surface area contributed by atoms with Gasteiger partial charge in [-0.2, -0.15) is 10.1 Å². The maximum absolute atomic E-state index is 12.4. The van der Waals surface area contributed by atoms with Gasteiger partial charge in [-0.05, 0) is 73.4 Å². The zero-order valence-corrected chi connectivity index (χ0v) is 24.5. The Balaban J connectivity index is 1.13. The molecule has 2 aliphatic heterocycles. The minimum Gasteiger partial charge on any atom is -0.487 e. The van der Waals surface area contributed by atoms with Gasteiger partial charge in [0.2, 0.25) is 5.91 Å². The number of para-hydroxylation sites is 1. The summed E-state index contributed by atoms with van der Waals surface area (Å²) in [5, 5.41) is 15.5. The van der Waals surface area contributed by atoms with Crippen molar-refractivity contribution in [3.8, 4) is 17.0 Å².